The Kier molecular flexibility index (Phi) is 3.93. The first-order valence-corrected chi connectivity index (χ1v) is 8.22. The van der Waals surface area contributed by atoms with Crippen LogP contribution in [0.5, 0.6) is 5.75 Å². The first-order valence-electron chi connectivity index (χ1n) is 8.22. The number of rotatable bonds is 4. The molecule has 0 aliphatic rings. The number of benzene rings is 2. The number of hydrogen-bond acceptors (Lipinski definition) is 4. The summed E-state index contributed by atoms with van der Waals surface area (Å²) in [4.78, 5) is 17.6. The van der Waals surface area contributed by atoms with Crippen LogP contribution in [-0.4, -0.2) is 21.2 Å². The molecule has 4 aromatic rings. The van der Waals surface area contributed by atoms with E-state index in [9.17, 15) is 4.79 Å². The molecular weight excluding hydrogens is 328 g/mol. The summed E-state index contributed by atoms with van der Waals surface area (Å²) >= 11 is 0. The molecule has 0 radical (unpaired) electrons. The van der Waals surface area contributed by atoms with Gasteiger partial charge in [-0.1, -0.05) is 18.2 Å². The lowest BCUT2D eigenvalue weighted by Crippen LogP contribution is -2.23. The summed E-state index contributed by atoms with van der Waals surface area (Å²) in [6.45, 7) is 0.443. The van der Waals surface area contributed by atoms with Crippen LogP contribution in [0.25, 0.3) is 16.9 Å². The Hall–Kier alpha value is -3.54. The lowest BCUT2D eigenvalue weighted by molar-refractivity contribution is 0.414. The highest BCUT2D eigenvalue weighted by Crippen LogP contribution is 2.20. The minimum atomic E-state index is -0.149. The molecule has 6 nitrogen and oxygen atoms in total. The molecule has 0 aliphatic carbocycles. The lowest BCUT2D eigenvalue weighted by atomic mass is 10.2. The Bertz CT molecular complexity index is 1130. The van der Waals surface area contributed by atoms with E-state index in [0.717, 1.165) is 11.1 Å². The normalized spacial score (nSPS) is 11.0. The number of nitrogens with two attached hydrogens (primary N) is 1. The monoisotopic (exact) mass is 346 g/mol. The highest BCUT2D eigenvalue weighted by atomic mass is 16.5. The van der Waals surface area contributed by atoms with Crippen molar-refractivity contribution in [1.82, 2.24) is 14.1 Å². The van der Waals surface area contributed by atoms with E-state index in [1.165, 1.54) is 0 Å². The van der Waals surface area contributed by atoms with Gasteiger partial charge in [-0.15, -0.1) is 0 Å². The number of anilines is 1. The SMILES string of the molecule is COc1cccc(-n2c(=O)n(Cc3ccc(N)cc3)c3cccnc32)c1. The van der Waals surface area contributed by atoms with E-state index >= 15 is 0 Å². The van der Waals surface area contributed by atoms with Crippen LogP contribution in [0.3, 0.4) is 0 Å². The van der Waals surface area contributed by atoms with E-state index < -0.39 is 0 Å². The van der Waals surface area contributed by atoms with Gasteiger partial charge in [-0.05, 0) is 42.0 Å². The zero-order valence-corrected chi connectivity index (χ0v) is 14.3. The maximum atomic E-state index is 13.2. The molecule has 4 rings (SSSR count). The van der Waals surface area contributed by atoms with Crippen LogP contribution in [0.4, 0.5) is 5.69 Å². The fourth-order valence-electron chi connectivity index (χ4n) is 3.03. The lowest BCUT2D eigenvalue weighted by Gasteiger charge is -2.05. The van der Waals surface area contributed by atoms with E-state index in [1.54, 1.807) is 22.4 Å². The van der Waals surface area contributed by atoms with Gasteiger partial charge in [0.15, 0.2) is 5.65 Å². The van der Waals surface area contributed by atoms with Crippen molar-refractivity contribution < 1.29 is 4.74 Å². The molecule has 2 aromatic heterocycles. The Morgan fingerprint density at radius 3 is 2.65 bits per heavy atom. The van der Waals surface area contributed by atoms with Crippen LogP contribution in [0.1, 0.15) is 5.56 Å². The number of fused-ring (bicyclic) bond motifs is 1. The highest BCUT2D eigenvalue weighted by Gasteiger charge is 2.16. The van der Waals surface area contributed by atoms with Gasteiger partial charge in [-0.3, -0.25) is 4.57 Å². The first kappa shape index (κ1) is 16.0. The van der Waals surface area contributed by atoms with Crippen LogP contribution < -0.4 is 16.2 Å². The van der Waals surface area contributed by atoms with Gasteiger partial charge < -0.3 is 10.5 Å². The Morgan fingerprint density at radius 2 is 1.88 bits per heavy atom. The maximum absolute atomic E-state index is 13.2. The molecular formula is C20H18N4O2. The Morgan fingerprint density at radius 1 is 1.08 bits per heavy atom. The largest absolute Gasteiger partial charge is 0.497 e. The van der Waals surface area contributed by atoms with Gasteiger partial charge >= 0.3 is 5.69 Å². The van der Waals surface area contributed by atoms with Gasteiger partial charge in [0.2, 0.25) is 0 Å². The van der Waals surface area contributed by atoms with Gasteiger partial charge in [0.1, 0.15) is 5.75 Å². The van der Waals surface area contributed by atoms with Crippen molar-refractivity contribution in [3.8, 4) is 11.4 Å². The van der Waals surface area contributed by atoms with Crippen molar-refractivity contribution in [3.05, 3.63) is 82.9 Å². The van der Waals surface area contributed by atoms with Crippen LogP contribution in [-0.2, 0) is 6.54 Å². The second-order valence-corrected chi connectivity index (χ2v) is 5.99. The average molecular weight is 346 g/mol. The second-order valence-electron chi connectivity index (χ2n) is 5.99. The number of imidazole rings is 1. The minimum Gasteiger partial charge on any atom is -0.497 e. The predicted octanol–water partition coefficient (Wildman–Crippen LogP) is 2.83. The molecule has 2 heterocycles. The van der Waals surface area contributed by atoms with Crippen LogP contribution in [0, 0.1) is 0 Å². The smallest absolute Gasteiger partial charge is 0.335 e. The van der Waals surface area contributed by atoms with Gasteiger partial charge in [0.05, 0.1) is 24.9 Å². The van der Waals surface area contributed by atoms with Crippen molar-refractivity contribution in [2.75, 3.05) is 12.8 Å². The third-order valence-corrected chi connectivity index (χ3v) is 4.32. The van der Waals surface area contributed by atoms with E-state index in [1.807, 2.05) is 60.7 Å². The number of ether oxygens (including phenoxy) is 1. The Labute approximate surface area is 150 Å². The van der Waals surface area contributed by atoms with Crippen molar-refractivity contribution in [2.45, 2.75) is 6.54 Å². The van der Waals surface area contributed by atoms with E-state index in [4.69, 9.17) is 10.5 Å². The van der Waals surface area contributed by atoms with Crippen LogP contribution in [0.2, 0.25) is 0 Å². The molecule has 0 amide bonds. The zero-order chi connectivity index (χ0) is 18.1. The van der Waals surface area contributed by atoms with Crippen molar-refractivity contribution in [3.63, 3.8) is 0 Å². The topological polar surface area (TPSA) is 75.1 Å². The maximum Gasteiger partial charge on any atom is 0.335 e. The second kappa shape index (κ2) is 6.40. The number of pyridine rings is 1. The fourth-order valence-corrected chi connectivity index (χ4v) is 3.03. The zero-order valence-electron chi connectivity index (χ0n) is 14.3. The quantitative estimate of drug-likeness (QED) is 0.577. The summed E-state index contributed by atoms with van der Waals surface area (Å²) in [5, 5.41) is 0. The van der Waals surface area contributed by atoms with E-state index in [2.05, 4.69) is 4.98 Å². The molecule has 0 spiro atoms. The molecule has 0 saturated carbocycles. The molecule has 0 fully saturated rings. The molecule has 0 saturated heterocycles. The summed E-state index contributed by atoms with van der Waals surface area (Å²) in [6, 6.07) is 18.6. The molecule has 2 aromatic carbocycles. The van der Waals surface area contributed by atoms with E-state index in [-0.39, 0.29) is 5.69 Å². The molecule has 6 heteroatoms. The molecule has 2 N–H and O–H groups in total. The summed E-state index contributed by atoms with van der Waals surface area (Å²) < 4.78 is 8.61. The number of nitrogen functional groups attached to an aromatic ring is 1. The molecule has 130 valence electrons. The average Bonchev–Trinajstić information content (AvgIpc) is 2.95. The van der Waals surface area contributed by atoms with Gasteiger partial charge in [0.25, 0.3) is 0 Å². The number of nitrogens with zero attached hydrogens (tertiary/aromatic N) is 3. The van der Waals surface area contributed by atoms with Crippen LogP contribution >= 0.6 is 0 Å². The van der Waals surface area contributed by atoms with Crippen molar-refractivity contribution in [1.29, 1.82) is 0 Å². The van der Waals surface area contributed by atoms with Crippen molar-refractivity contribution in [2.24, 2.45) is 0 Å². The Balaban J connectivity index is 1.90. The number of aromatic nitrogens is 3. The summed E-state index contributed by atoms with van der Waals surface area (Å²) in [5.74, 6) is 0.685. The number of methoxy groups -OCH3 is 1. The van der Waals surface area contributed by atoms with Gasteiger partial charge in [0, 0.05) is 18.0 Å². The summed E-state index contributed by atoms with van der Waals surface area (Å²) in [7, 11) is 1.60. The molecule has 0 atom stereocenters. The standard InChI is InChI=1S/C20H18N4O2/c1-26-17-5-2-4-16(12-17)24-19-18(6-3-11-22-19)23(20(24)25)13-14-7-9-15(21)10-8-14/h2-12H,13,21H2,1H3. The summed E-state index contributed by atoms with van der Waals surface area (Å²) in [5.41, 5.74) is 9.40. The first-order chi connectivity index (χ1) is 12.7. The van der Waals surface area contributed by atoms with E-state index in [0.29, 0.717) is 29.3 Å². The fraction of sp³-hybridized carbons (Fsp3) is 0.100. The third-order valence-electron chi connectivity index (χ3n) is 4.32. The molecule has 0 bridgehead atoms. The highest BCUT2D eigenvalue weighted by molar-refractivity contribution is 5.74. The third kappa shape index (κ3) is 2.71. The number of hydrogen-bond donors (Lipinski definition) is 1. The molecule has 0 unspecified atom stereocenters. The summed E-state index contributed by atoms with van der Waals surface area (Å²) in [6.07, 6.45) is 1.69. The minimum absolute atomic E-state index is 0.149. The van der Waals surface area contributed by atoms with Crippen LogP contribution in [0.15, 0.2) is 71.7 Å². The van der Waals surface area contributed by atoms with Gasteiger partial charge in [-0.2, -0.15) is 0 Å². The molecule has 26 heavy (non-hydrogen) atoms. The predicted molar refractivity (Wildman–Crippen MR) is 102 cm³/mol. The van der Waals surface area contributed by atoms with Gasteiger partial charge in [-0.25, -0.2) is 14.3 Å². The van der Waals surface area contributed by atoms with Crippen molar-refractivity contribution >= 4 is 16.9 Å². The molecule has 0 aliphatic heterocycles.